The number of carbonyl (C=O) groups excluding carboxylic acids is 1. The molecule has 0 spiro atoms. The number of rotatable bonds is 6. The second-order valence-electron chi connectivity index (χ2n) is 6.77. The summed E-state index contributed by atoms with van der Waals surface area (Å²) in [6.45, 7) is 0.797. The van der Waals surface area contributed by atoms with Gasteiger partial charge in [-0.25, -0.2) is 8.42 Å². The summed E-state index contributed by atoms with van der Waals surface area (Å²) in [5.74, 6) is 0.899. The van der Waals surface area contributed by atoms with Crippen LogP contribution < -0.4 is 9.47 Å². The van der Waals surface area contributed by atoms with Gasteiger partial charge in [0.25, 0.3) is 5.91 Å². The Hall–Kier alpha value is -2.89. The van der Waals surface area contributed by atoms with E-state index in [4.69, 9.17) is 14.0 Å². The normalized spacial score (nSPS) is 15.1. The molecule has 11 heteroatoms. The highest BCUT2D eigenvalue weighted by Crippen LogP contribution is 2.31. The zero-order valence-corrected chi connectivity index (χ0v) is 18.6. The molecular formula is C20H21N3O6S2. The molecule has 1 fully saturated rings. The first-order valence-electron chi connectivity index (χ1n) is 9.46. The molecule has 0 unspecified atom stereocenters. The van der Waals surface area contributed by atoms with Crippen LogP contribution in [-0.2, 0) is 10.0 Å². The van der Waals surface area contributed by atoms with E-state index in [2.05, 4.69) is 5.16 Å². The number of ether oxygens (including phenoxy) is 2. The number of amides is 1. The van der Waals surface area contributed by atoms with Crippen LogP contribution in [-0.4, -0.2) is 69.1 Å². The van der Waals surface area contributed by atoms with Crippen molar-refractivity contribution in [3.63, 3.8) is 0 Å². The summed E-state index contributed by atoms with van der Waals surface area (Å²) in [5.41, 5.74) is 0.203. The van der Waals surface area contributed by atoms with Gasteiger partial charge in [-0.2, -0.15) is 4.31 Å². The van der Waals surface area contributed by atoms with E-state index in [9.17, 15) is 13.2 Å². The lowest BCUT2D eigenvalue weighted by Gasteiger charge is -2.33. The number of aromatic nitrogens is 1. The number of nitrogens with zero attached hydrogens (tertiary/aromatic N) is 3. The molecule has 1 aliphatic heterocycles. The number of hydrogen-bond donors (Lipinski definition) is 0. The monoisotopic (exact) mass is 463 g/mol. The van der Waals surface area contributed by atoms with E-state index < -0.39 is 10.0 Å². The molecule has 0 aliphatic carbocycles. The van der Waals surface area contributed by atoms with Gasteiger partial charge in [0.15, 0.2) is 11.5 Å². The molecule has 0 saturated carbocycles. The number of methoxy groups -OCH3 is 2. The highest BCUT2D eigenvalue weighted by molar-refractivity contribution is 7.89. The minimum absolute atomic E-state index is 0.0335. The maximum absolute atomic E-state index is 13.2. The first-order chi connectivity index (χ1) is 14.9. The molecule has 0 atom stereocenters. The predicted molar refractivity (Wildman–Crippen MR) is 114 cm³/mol. The summed E-state index contributed by atoms with van der Waals surface area (Å²) in [6.07, 6.45) is 0. The van der Waals surface area contributed by atoms with Gasteiger partial charge in [-0.3, -0.25) is 4.79 Å². The molecule has 31 heavy (non-hydrogen) atoms. The minimum atomic E-state index is -3.82. The lowest BCUT2D eigenvalue weighted by Crippen LogP contribution is -2.50. The first-order valence-corrected chi connectivity index (χ1v) is 11.8. The summed E-state index contributed by atoms with van der Waals surface area (Å²) in [5, 5.41) is 5.80. The Kier molecular flexibility index (Phi) is 5.99. The zero-order valence-electron chi connectivity index (χ0n) is 17.0. The fourth-order valence-corrected chi connectivity index (χ4v) is 5.60. The minimum Gasteiger partial charge on any atom is -0.497 e. The maximum Gasteiger partial charge on any atom is 0.276 e. The fraction of sp³-hybridized carbons (Fsp3) is 0.300. The molecule has 0 radical (unpaired) electrons. The highest BCUT2D eigenvalue weighted by Gasteiger charge is 2.33. The molecule has 1 aliphatic rings. The predicted octanol–water partition coefficient (Wildman–Crippen LogP) is 2.57. The van der Waals surface area contributed by atoms with Crippen LogP contribution in [0.15, 0.2) is 51.2 Å². The fourth-order valence-electron chi connectivity index (χ4n) is 3.33. The molecule has 9 nitrogen and oxygen atoms in total. The van der Waals surface area contributed by atoms with E-state index in [1.165, 1.54) is 35.9 Å². The third-order valence-electron chi connectivity index (χ3n) is 5.01. The van der Waals surface area contributed by atoms with Crippen LogP contribution >= 0.6 is 11.3 Å². The average Bonchev–Trinajstić information content (AvgIpc) is 3.50. The second kappa shape index (κ2) is 8.69. The lowest BCUT2D eigenvalue weighted by molar-refractivity contribution is 0.0687. The molecule has 0 bridgehead atoms. The Morgan fingerprint density at radius 2 is 1.87 bits per heavy atom. The topological polar surface area (TPSA) is 102 Å². The second-order valence-corrected chi connectivity index (χ2v) is 9.62. The van der Waals surface area contributed by atoms with Crippen molar-refractivity contribution in [1.82, 2.24) is 14.4 Å². The lowest BCUT2D eigenvalue weighted by atomic mass is 10.2. The van der Waals surface area contributed by atoms with Crippen molar-refractivity contribution in [2.24, 2.45) is 0 Å². The van der Waals surface area contributed by atoms with E-state index in [-0.39, 0.29) is 48.4 Å². The Labute approximate surface area is 183 Å². The summed E-state index contributed by atoms with van der Waals surface area (Å²) < 4.78 is 43.4. The van der Waals surface area contributed by atoms with Gasteiger partial charge in [0.05, 0.1) is 19.1 Å². The average molecular weight is 464 g/mol. The van der Waals surface area contributed by atoms with E-state index in [0.717, 1.165) is 4.88 Å². The number of sulfonamides is 1. The SMILES string of the molecule is COc1ccc(OC)c(S(=O)(=O)N2CCN(C(=O)c3cc(-c4cccs4)on3)CC2)c1. The smallest absolute Gasteiger partial charge is 0.276 e. The van der Waals surface area contributed by atoms with Crippen molar-refractivity contribution in [2.75, 3.05) is 40.4 Å². The van der Waals surface area contributed by atoms with Crippen LogP contribution in [0.3, 0.4) is 0 Å². The van der Waals surface area contributed by atoms with Crippen molar-refractivity contribution >= 4 is 27.3 Å². The molecule has 4 rings (SSSR count). The summed E-state index contributed by atoms with van der Waals surface area (Å²) in [7, 11) is -0.934. The molecule has 3 aromatic rings. The standard InChI is InChI=1S/C20H21N3O6S2/c1-27-14-5-6-16(28-2)19(12-14)31(25,26)23-9-7-22(8-10-23)20(24)15-13-17(29-21-15)18-4-3-11-30-18/h3-6,11-13H,7-10H2,1-2H3. The molecule has 164 valence electrons. The number of benzene rings is 1. The number of thiophene rings is 1. The molecule has 3 heterocycles. The van der Waals surface area contributed by atoms with Gasteiger partial charge in [0, 0.05) is 38.3 Å². The van der Waals surface area contributed by atoms with Gasteiger partial charge in [0.1, 0.15) is 16.4 Å². The Morgan fingerprint density at radius 3 is 2.52 bits per heavy atom. The van der Waals surface area contributed by atoms with Crippen LogP contribution in [0.25, 0.3) is 10.6 Å². The first kappa shape index (κ1) is 21.3. The van der Waals surface area contributed by atoms with Gasteiger partial charge >= 0.3 is 0 Å². The van der Waals surface area contributed by atoms with Crippen LogP contribution in [0.1, 0.15) is 10.5 Å². The van der Waals surface area contributed by atoms with Crippen LogP contribution in [0, 0.1) is 0 Å². The van der Waals surface area contributed by atoms with Crippen LogP contribution in [0.5, 0.6) is 11.5 Å². The highest BCUT2D eigenvalue weighted by atomic mass is 32.2. The third-order valence-corrected chi connectivity index (χ3v) is 7.81. The summed E-state index contributed by atoms with van der Waals surface area (Å²) in [4.78, 5) is 15.3. The van der Waals surface area contributed by atoms with Gasteiger partial charge in [0.2, 0.25) is 10.0 Å². The van der Waals surface area contributed by atoms with Gasteiger partial charge < -0.3 is 18.9 Å². The number of carbonyl (C=O) groups is 1. The van der Waals surface area contributed by atoms with Gasteiger partial charge in [-0.05, 0) is 23.6 Å². The van der Waals surface area contributed by atoms with Crippen molar-refractivity contribution in [2.45, 2.75) is 4.90 Å². The van der Waals surface area contributed by atoms with Crippen molar-refractivity contribution in [3.05, 3.63) is 47.5 Å². The molecule has 1 amide bonds. The van der Waals surface area contributed by atoms with E-state index >= 15 is 0 Å². The Bertz CT molecular complexity index is 1170. The van der Waals surface area contributed by atoms with Crippen molar-refractivity contribution < 1.29 is 27.2 Å². The summed E-state index contributed by atoms with van der Waals surface area (Å²) in [6, 6.07) is 10.0. The largest absolute Gasteiger partial charge is 0.497 e. The molecule has 2 aromatic heterocycles. The molecule has 0 N–H and O–H groups in total. The van der Waals surface area contributed by atoms with Crippen molar-refractivity contribution in [3.8, 4) is 22.1 Å². The number of hydrogen-bond acceptors (Lipinski definition) is 8. The molecular weight excluding hydrogens is 442 g/mol. The van der Waals surface area contributed by atoms with Crippen molar-refractivity contribution in [1.29, 1.82) is 0 Å². The maximum atomic E-state index is 13.2. The molecule has 1 aromatic carbocycles. The number of piperazine rings is 1. The Balaban J connectivity index is 1.46. The van der Waals surface area contributed by atoms with E-state index in [1.54, 1.807) is 23.1 Å². The van der Waals surface area contributed by atoms with Gasteiger partial charge in [-0.15, -0.1) is 11.3 Å². The van der Waals surface area contributed by atoms with E-state index in [1.807, 2.05) is 17.5 Å². The Morgan fingerprint density at radius 1 is 1.10 bits per heavy atom. The summed E-state index contributed by atoms with van der Waals surface area (Å²) >= 11 is 1.49. The zero-order chi connectivity index (χ0) is 22.0. The van der Waals surface area contributed by atoms with Crippen LogP contribution in [0.2, 0.25) is 0 Å². The quantitative estimate of drug-likeness (QED) is 0.554. The van der Waals surface area contributed by atoms with Crippen LogP contribution in [0.4, 0.5) is 0 Å². The third kappa shape index (κ3) is 4.16. The molecule has 1 saturated heterocycles. The van der Waals surface area contributed by atoms with Gasteiger partial charge in [-0.1, -0.05) is 11.2 Å². The van der Waals surface area contributed by atoms with E-state index in [0.29, 0.717) is 11.5 Å².